The second-order valence-electron chi connectivity index (χ2n) is 23.8. The van der Waals surface area contributed by atoms with Crippen molar-refractivity contribution in [1.82, 2.24) is 5.32 Å². The largest absolute Gasteiger partial charge is 0.756 e. The van der Waals surface area contributed by atoms with Crippen molar-refractivity contribution in [2.75, 3.05) is 40.9 Å². The number of likely N-dealkylation sites (N-methyl/N-ethyl adjacent to an activating group) is 1. The van der Waals surface area contributed by atoms with Gasteiger partial charge in [0.2, 0.25) is 5.91 Å². The molecule has 0 saturated carbocycles. The van der Waals surface area contributed by atoms with E-state index in [0.29, 0.717) is 17.4 Å². The zero-order valence-corrected chi connectivity index (χ0v) is 56.1. The number of carbonyl (C=O) groups is 1. The van der Waals surface area contributed by atoms with E-state index in [1.54, 1.807) is 6.08 Å². The summed E-state index contributed by atoms with van der Waals surface area (Å²) in [6.45, 7) is 4.51. The van der Waals surface area contributed by atoms with Crippen LogP contribution >= 0.6 is 7.82 Å². The maximum absolute atomic E-state index is 13.0. The van der Waals surface area contributed by atoms with Crippen molar-refractivity contribution in [1.29, 1.82) is 0 Å². The summed E-state index contributed by atoms with van der Waals surface area (Å²) in [5, 5.41) is 13.9. The van der Waals surface area contributed by atoms with Crippen LogP contribution in [0.5, 0.6) is 0 Å². The van der Waals surface area contributed by atoms with E-state index in [9.17, 15) is 19.4 Å². The third kappa shape index (κ3) is 67.5. The first kappa shape index (κ1) is 81.1. The van der Waals surface area contributed by atoms with Crippen molar-refractivity contribution in [3.8, 4) is 0 Å². The highest BCUT2D eigenvalue weighted by Crippen LogP contribution is 2.38. The Kier molecular flexibility index (Phi) is 61.6. The van der Waals surface area contributed by atoms with E-state index in [4.69, 9.17) is 9.05 Å². The standard InChI is InChI=1S/C76H129N2O6P/c1-6-8-10-12-14-16-18-20-22-24-26-28-30-31-32-33-34-35-36-37-38-39-40-41-42-43-44-45-46-47-48-50-52-54-56-58-60-62-64-66-68-70-76(80)77-74(73-84-85(81,82)83-72-71-78(3,4)5)75(79)69-67-65-63-61-59-57-55-53-51-49-29-27-25-23-21-19-17-15-13-11-9-7-2/h8,10,14,16,20,22,26,28,31-32,34-35,37-38,40-41,43-44,46-47,50,52,59,61,67,69,74-75,79H,6-7,9,11-13,15,17-19,21,23-25,27,29-30,33,36,39,42,45,48-49,51,53-58,60,62-66,68,70-73H2,1-5H3,(H-,77,80,81,82)/b10-8-,16-14-,22-20-,28-26-,32-31-,35-34-,38-37-,41-40-,44-43-,47-46-,52-50-,61-59+,69-67+. The zero-order chi connectivity index (χ0) is 61.9. The SMILES string of the molecule is CC/C=C\C/C=C\C/C=C\C/C=C\C/C=C\C/C=C\C/C=C\C/C=C\C/C=C\C/C=C\C/C=C\CCCCCCCCCC(=O)NC(COP(=O)([O-])OCC[N+](C)(C)C)C(O)/C=C/CC/C=C/CCCCCCCCCCCCCCCCCC. The van der Waals surface area contributed by atoms with Gasteiger partial charge in [0.25, 0.3) is 7.82 Å². The van der Waals surface area contributed by atoms with Crippen LogP contribution in [-0.4, -0.2) is 68.5 Å². The summed E-state index contributed by atoms with van der Waals surface area (Å²) in [6, 6.07) is -0.922. The highest BCUT2D eigenvalue weighted by molar-refractivity contribution is 7.45. The maximum Gasteiger partial charge on any atom is 0.268 e. The van der Waals surface area contributed by atoms with Gasteiger partial charge in [-0.1, -0.05) is 300 Å². The van der Waals surface area contributed by atoms with Gasteiger partial charge in [0.15, 0.2) is 0 Å². The van der Waals surface area contributed by atoms with Gasteiger partial charge in [-0.3, -0.25) is 9.36 Å². The summed E-state index contributed by atoms with van der Waals surface area (Å²) in [4.78, 5) is 25.6. The van der Waals surface area contributed by atoms with E-state index in [0.717, 1.165) is 122 Å². The number of hydrogen-bond donors (Lipinski definition) is 2. The monoisotopic (exact) mass is 1200 g/mol. The van der Waals surface area contributed by atoms with E-state index in [2.05, 4.69) is 165 Å². The number of amides is 1. The van der Waals surface area contributed by atoms with Gasteiger partial charge >= 0.3 is 0 Å². The second kappa shape index (κ2) is 64.6. The highest BCUT2D eigenvalue weighted by Gasteiger charge is 2.23. The third-order valence-electron chi connectivity index (χ3n) is 14.5. The predicted molar refractivity (Wildman–Crippen MR) is 371 cm³/mol. The molecule has 9 heteroatoms. The molecule has 8 nitrogen and oxygen atoms in total. The van der Waals surface area contributed by atoms with Crippen LogP contribution in [0.2, 0.25) is 0 Å². The zero-order valence-electron chi connectivity index (χ0n) is 55.2. The van der Waals surface area contributed by atoms with Crippen molar-refractivity contribution >= 4 is 13.7 Å². The molecule has 0 fully saturated rings. The molecular formula is C76H129N2O6P. The lowest BCUT2D eigenvalue weighted by atomic mass is 10.0. The molecule has 0 radical (unpaired) electrons. The molecule has 0 rings (SSSR count). The van der Waals surface area contributed by atoms with Crippen LogP contribution < -0.4 is 10.2 Å². The van der Waals surface area contributed by atoms with E-state index in [1.807, 2.05) is 27.2 Å². The molecule has 0 heterocycles. The number of nitrogens with one attached hydrogen (secondary N) is 1. The third-order valence-corrected chi connectivity index (χ3v) is 15.4. The van der Waals surface area contributed by atoms with Crippen LogP contribution in [0.3, 0.4) is 0 Å². The Morgan fingerprint density at radius 3 is 1.09 bits per heavy atom. The first-order chi connectivity index (χ1) is 41.5. The Bertz CT molecular complexity index is 1940. The van der Waals surface area contributed by atoms with Gasteiger partial charge in [0.1, 0.15) is 13.2 Å². The van der Waals surface area contributed by atoms with Crippen molar-refractivity contribution in [3.63, 3.8) is 0 Å². The van der Waals surface area contributed by atoms with Gasteiger partial charge in [0.05, 0.1) is 39.9 Å². The highest BCUT2D eigenvalue weighted by atomic mass is 31.2. The molecule has 0 aliphatic heterocycles. The van der Waals surface area contributed by atoms with E-state index < -0.39 is 26.6 Å². The number of aliphatic hydroxyl groups excluding tert-OH is 1. The molecular weight excluding hydrogens is 1070 g/mol. The minimum Gasteiger partial charge on any atom is -0.756 e. The fourth-order valence-electron chi connectivity index (χ4n) is 9.17. The summed E-state index contributed by atoms with van der Waals surface area (Å²) < 4.78 is 23.4. The molecule has 3 unspecified atom stereocenters. The van der Waals surface area contributed by atoms with Crippen LogP contribution in [-0.2, 0) is 18.4 Å². The van der Waals surface area contributed by atoms with Gasteiger partial charge in [-0.2, -0.15) is 0 Å². The number of unbranched alkanes of at least 4 members (excludes halogenated alkanes) is 24. The summed E-state index contributed by atoms with van der Waals surface area (Å²) in [5.41, 5.74) is 0. The van der Waals surface area contributed by atoms with Crippen molar-refractivity contribution in [2.24, 2.45) is 0 Å². The number of nitrogens with zero attached hydrogens (tertiary/aromatic N) is 1. The van der Waals surface area contributed by atoms with Gasteiger partial charge in [-0.15, -0.1) is 0 Å². The van der Waals surface area contributed by atoms with Crippen LogP contribution in [0.4, 0.5) is 0 Å². The molecule has 0 aromatic heterocycles. The van der Waals surface area contributed by atoms with Crippen LogP contribution in [0, 0.1) is 0 Å². The maximum atomic E-state index is 13.0. The molecule has 484 valence electrons. The Balaban J connectivity index is 4.20. The fourth-order valence-corrected chi connectivity index (χ4v) is 9.90. The van der Waals surface area contributed by atoms with E-state index in [1.165, 1.54) is 122 Å². The lowest BCUT2D eigenvalue weighted by molar-refractivity contribution is -0.870. The molecule has 0 saturated heterocycles. The molecule has 85 heavy (non-hydrogen) atoms. The number of aliphatic hydroxyl groups is 1. The van der Waals surface area contributed by atoms with Crippen molar-refractivity contribution in [2.45, 2.75) is 276 Å². The number of rotatable bonds is 61. The number of phosphoric ester groups is 1. The Hall–Kier alpha value is -3.88. The van der Waals surface area contributed by atoms with E-state index >= 15 is 0 Å². The minimum atomic E-state index is -4.62. The topological polar surface area (TPSA) is 108 Å². The summed E-state index contributed by atoms with van der Waals surface area (Å²) in [5.74, 6) is -0.223. The molecule has 0 bridgehead atoms. The molecule has 3 atom stereocenters. The predicted octanol–water partition coefficient (Wildman–Crippen LogP) is 21.5. The molecule has 1 amide bonds. The first-order valence-electron chi connectivity index (χ1n) is 34.3. The quantitative estimate of drug-likeness (QED) is 0.0272. The summed E-state index contributed by atoms with van der Waals surface area (Å²) in [6.07, 6.45) is 101. The van der Waals surface area contributed by atoms with Crippen LogP contribution in [0.15, 0.2) is 158 Å². The number of allylic oxidation sites excluding steroid dienone is 25. The molecule has 0 aromatic rings. The van der Waals surface area contributed by atoms with Crippen molar-refractivity contribution < 1.29 is 32.9 Å². The van der Waals surface area contributed by atoms with Gasteiger partial charge < -0.3 is 28.8 Å². The van der Waals surface area contributed by atoms with E-state index in [-0.39, 0.29) is 12.5 Å². The Labute approximate surface area is 524 Å². The fraction of sp³-hybridized carbons (Fsp3) is 0.645. The molecule has 2 N–H and O–H groups in total. The number of hydrogen-bond acceptors (Lipinski definition) is 6. The van der Waals surface area contributed by atoms with Gasteiger partial charge in [-0.05, 0) is 116 Å². The Morgan fingerprint density at radius 1 is 0.424 bits per heavy atom. The van der Waals surface area contributed by atoms with Gasteiger partial charge in [0, 0.05) is 6.42 Å². The first-order valence-corrected chi connectivity index (χ1v) is 35.8. The number of quaternary nitrogens is 1. The summed E-state index contributed by atoms with van der Waals surface area (Å²) in [7, 11) is 1.22. The molecule has 0 aliphatic carbocycles. The van der Waals surface area contributed by atoms with Crippen molar-refractivity contribution in [3.05, 3.63) is 158 Å². The Morgan fingerprint density at radius 2 is 0.729 bits per heavy atom. The lowest BCUT2D eigenvalue weighted by Gasteiger charge is -2.29. The van der Waals surface area contributed by atoms with Gasteiger partial charge in [-0.25, -0.2) is 0 Å². The summed E-state index contributed by atoms with van der Waals surface area (Å²) >= 11 is 0. The average molecular weight is 1200 g/mol. The lowest BCUT2D eigenvalue weighted by Crippen LogP contribution is -2.45. The smallest absolute Gasteiger partial charge is 0.268 e. The van der Waals surface area contributed by atoms with Crippen LogP contribution in [0.25, 0.3) is 0 Å². The second-order valence-corrected chi connectivity index (χ2v) is 25.2. The number of carbonyl (C=O) groups excluding carboxylic acids is 1. The molecule has 0 spiro atoms. The number of phosphoric acid groups is 1. The molecule has 0 aromatic carbocycles. The normalized spacial score (nSPS) is 14.7. The molecule has 0 aliphatic rings. The minimum absolute atomic E-state index is 0.0163. The average Bonchev–Trinajstić information content (AvgIpc) is 3.48. The van der Waals surface area contributed by atoms with Crippen LogP contribution in [0.1, 0.15) is 264 Å².